The van der Waals surface area contributed by atoms with Gasteiger partial charge in [-0.15, -0.1) is 4.74 Å². The third kappa shape index (κ3) is 1.63. The summed E-state index contributed by atoms with van der Waals surface area (Å²) < 4.78 is 1.67. The fourth-order valence-corrected chi connectivity index (χ4v) is 2.62. The maximum absolute atomic E-state index is 12.7. The third-order valence-electron chi connectivity index (χ3n) is 4.79. The van der Waals surface area contributed by atoms with Crippen LogP contribution in [-0.2, 0) is 0 Å². The molecule has 3 rings (SSSR count). The van der Waals surface area contributed by atoms with Crippen LogP contribution < -0.4 is 0 Å². The first-order valence-corrected chi connectivity index (χ1v) is 6.94. The van der Waals surface area contributed by atoms with Crippen LogP contribution in [0.15, 0.2) is 36.5 Å². The van der Waals surface area contributed by atoms with E-state index in [-0.39, 0.29) is 5.84 Å². The molecule has 0 atom stereocenters. The average Bonchev–Trinajstić information content (AvgIpc) is 2.57. The molecule has 2 heterocycles. The van der Waals surface area contributed by atoms with Gasteiger partial charge in [-0.05, 0) is 12.1 Å². The largest absolute Gasteiger partial charge is 0.618 e. The van der Waals surface area contributed by atoms with Gasteiger partial charge in [0, 0.05) is 44.2 Å². The Labute approximate surface area is 123 Å². The van der Waals surface area contributed by atoms with Crippen LogP contribution in [0.1, 0.15) is 33.3 Å². The van der Waals surface area contributed by atoms with Gasteiger partial charge in [-0.3, -0.25) is 4.98 Å². The lowest BCUT2D eigenvalue weighted by Gasteiger charge is -2.22. The average molecular weight is 284 g/mol. The van der Waals surface area contributed by atoms with E-state index in [4.69, 9.17) is 0 Å². The number of amidine groups is 1. The number of hydroxylamine groups is 1. The number of rotatable bonds is 1. The van der Waals surface area contributed by atoms with E-state index < -0.39 is 11.1 Å². The summed E-state index contributed by atoms with van der Waals surface area (Å²) in [7, 11) is 0. The van der Waals surface area contributed by atoms with Gasteiger partial charge in [0.2, 0.25) is 5.54 Å². The highest BCUT2D eigenvalue weighted by Crippen LogP contribution is 2.36. The minimum Gasteiger partial charge on any atom is -0.618 e. The lowest BCUT2D eigenvalue weighted by atomic mass is 9.84. The van der Waals surface area contributed by atoms with Gasteiger partial charge in [-0.25, -0.2) is 0 Å². The number of fused-ring (bicyclic) bond motifs is 1. The number of nitrogens with zero attached hydrogens (tertiary/aromatic N) is 3. The molecular weight excluding hydrogens is 266 g/mol. The summed E-state index contributed by atoms with van der Waals surface area (Å²) in [6.07, 6.45) is 1.63. The molecule has 1 aromatic carbocycles. The van der Waals surface area contributed by atoms with Gasteiger partial charge < -0.3 is 5.21 Å². The molecule has 1 aliphatic rings. The summed E-state index contributed by atoms with van der Waals surface area (Å²) in [5.74, 6) is 0.156. The van der Waals surface area contributed by atoms with Crippen LogP contribution in [0, 0.1) is 10.1 Å². The smallest absolute Gasteiger partial charge is 0.505 e. The number of para-hydroxylation sites is 1. The van der Waals surface area contributed by atoms with Crippen LogP contribution in [0.2, 0.25) is 0 Å². The molecule has 0 radical (unpaired) electrons. The summed E-state index contributed by atoms with van der Waals surface area (Å²) in [6.45, 7) is 7.17. The van der Waals surface area contributed by atoms with Crippen LogP contribution in [0.5, 0.6) is 0 Å². The van der Waals surface area contributed by atoms with Crippen molar-refractivity contribution < 1.29 is 9.50 Å². The molecule has 0 N–H and O–H groups in total. The molecular formula is C16H18N3O2+. The number of benzene rings is 1. The molecule has 108 valence electrons. The molecule has 1 aliphatic heterocycles. The first-order chi connectivity index (χ1) is 9.78. The van der Waals surface area contributed by atoms with E-state index in [0.717, 1.165) is 20.4 Å². The fraction of sp³-hybridized carbons (Fsp3) is 0.375. The fourth-order valence-electron chi connectivity index (χ4n) is 2.62. The van der Waals surface area contributed by atoms with E-state index in [9.17, 15) is 10.1 Å². The molecule has 0 aliphatic carbocycles. The highest BCUT2D eigenvalue weighted by atomic mass is 16.5. The second-order valence-corrected chi connectivity index (χ2v) is 6.41. The van der Waals surface area contributed by atoms with Gasteiger partial charge in [-0.2, -0.15) is 0 Å². The van der Waals surface area contributed by atoms with E-state index in [1.54, 1.807) is 40.0 Å². The van der Waals surface area contributed by atoms with Gasteiger partial charge in [0.1, 0.15) is 10.3 Å². The zero-order valence-corrected chi connectivity index (χ0v) is 12.6. The quantitative estimate of drug-likeness (QED) is 0.597. The molecule has 1 aromatic heterocycles. The monoisotopic (exact) mass is 284 g/mol. The van der Waals surface area contributed by atoms with Gasteiger partial charge in [0.15, 0.2) is 0 Å². The summed E-state index contributed by atoms with van der Waals surface area (Å²) in [4.78, 5) is 17.0. The van der Waals surface area contributed by atoms with Crippen molar-refractivity contribution in [3.05, 3.63) is 52.2 Å². The zero-order valence-electron chi connectivity index (χ0n) is 12.6. The van der Waals surface area contributed by atoms with Crippen LogP contribution in [0.25, 0.3) is 10.9 Å². The van der Waals surface area contributed by atoms with Crippen molar-refractivity contribution in [3.63, 3.8) is 0 Å². The standard InChI is InChI=1S/C16H18N3O2/c1-15(2)16(3,4)19(21)14(18(15)20)12-9-10-17-13-8-6-5-7-11(12)13/h5-10H,1-4H3/q+1. The van der Waals surface area contributed by atoms with Crippen molar-refractivity contribution in [2.24, 2.45) is 0 Å². The Morgan fingerprint density at radius 1 is 1.05 bits per heavy atom. The first kappa shape index (κ1) is 13.7. The Hall–Kier alpha value is -2.30. The van der Waals surface area contributed by atoms with E-state index >= 15 is 0 Å². The number of hydrogen-bond donors (Lipinski definition) is 0. The van der Waals surface area contributed by atoms with E-state index in [0.29, 0.717) is 5.56 Å². The van der Waals surface area contributed by atoms with Crippen LogP contribution in [0.4, 0.5) is 0 Å². The maximum Gasteiger partial charge on any atom is 0.505 e. The van der Waals surface area contributed by atoms with Gasteiger partial charge in [0.25, 0.3) is 5.54 Å². The summed E-state index contributed by atoms with van der Waals surface area (Å²) >= 11 is 0. The second kappa shape index (κ2) is 4.10. The van der Waals surface area contributed by atoms with Gasteiger partial charge in [-0.1, -0.05) is 18.2 Å². The lowest BCUT2D eigenvalue weighted by molar-refractivity contribution is -0.555. The number of hydrogen-bond acceptors (Lipinski definition) is 3. The SMILES string of the molecule is CC1(C)[N+](=O)C(c2ccnc3ccccc23)=[N+]([O-])C1(C)C. The van der Waals surface area contributed by atoms with Crippen molar-refractivity contribution >= 4 is 16.7 Å². The topological polar surface area (TPSA) is 59.0 Å². The number of aromatic nitrogens is 1. The molecule has 0 bridgehead atoms. The van der Waals surface area contributed by atoms with Crippen molar-refractivity contribution in [2.45, 2.75) is 38.8 Å². The Morgan fingerprint density at radius 3 is 2.33 bits per heavy atom. The van der Waals surface area contributed by atoms with E-state index in [1.165, 1.54) is 0 Å². The van der Waals surface area contributed by atoms with Crippen molar-refractivity contribution in [1.29, 1.82) is 0 Å². The minimum absolute atomic E-state index is 0.156. The molecule has 0 amide bonds. The predicted molar refractivity (Wildman–Crippen MR) is 81.3 cm³/mol. The third-order valence-corrected chi connectivity index (χ3v) is 4.79. The van der Waals surface area contributed by atoms with Crippen molar-refractivity contribution in [1.82, 2.24) is 4.98 Å². The highest BCUT2D eigenvalue weighted by molar-refractivity contribution is 6.03. The molecule has 5 nitrogen and oxygen atoms in total. The summed E-state index contributed by atoms with van der Waals surface area (Å²) in [5.41, 5.74) is -0.223. The molecule has 0 spiro atoms. The van der Waals surface area contributed by atoms with Gasteiger partial charge >= 0.3 is 5.84 Å². The van der Waals surface area contributed by atoms with Crippen molar-refractivity contribution in [3.8, 4) is 0 Å². The molecule has 0 saturated carbocycles. The number of nitroso groups, excluding NO2 is 1. The second-order valence-electron chi connectivity index (χ2n) is 6.41. The molecule has 0 unspecified atom stereocenters. The Kier molecular flexibility index (Phi) is 2.67. The van der Waals surface area contributed by atoms with Crippen molar-refractivity contribution in [2.75, 3.05) is 0 Å². The minimum atomic E-state index is -0.811. The van der Waals surface area contributed by atoms with Crippen LogP contribution >= 0.6 is 0 Å². The lowest BCUT2D eigenvalue weighted by Crippen LogP contribution is -2.50. The van der Waals surface area contributed by atoms with Crippen LogP contribution in [0.3, 0.4) is 0 Å². The predicted octanol–water partition coefficient (Wildman–Crippen LogP) is 2.84. The first-order valence-electron chi connectivity index (χ1n) is 6.94. The van der Waals surface area contributed by atoms with E-state index in [1.807, 2.05) is 24.3 Å². The zero-order chi connectivity index (χ0) is 15.4. The maximum atomic E-state index is 12.7. The normalized spacial score (nSPS) is 20.3. The Morgan fingerprint density at radius 2 is 1.71 bits per heavy atom. The Balaban J connectivity index is 2.34. The van der Waals surface area contributed by atoms with Gasteiger partial charge in [0.05, 0.1) is 5.52 Å². The van der Waals surface area contributed by atoms with Crippen LogP contribution in [-0.4, -0.2) is 31.4 Å². The summed E-state index contributed by atoms with van der Waals surface area (Å²) in [5, 5.41) is 13.5. The molecule has 0 saturated heterocycles. The summed E-state index contributed by atoms with van der Waals surface area (Å²) in [6, 6.07) is 9.24. The molecule has 5 heteroatoms. The molecule has 0 fully saturated rings. The van der Waals surface area contributed by atoms with E-state index in [2.05, 4.69) is 4.98 Å². The number of pyridine rings is 1. The Bertz CT molecular complexity index is 786. The molecule has 21 heavy (non-hydrogen) atoms. The molecule has 2 aromatic rings. The highest BCUT2D eigenvalue weighted by Gasteiger charge is 2.68.